The second kappa shape index (κ2) is 3.07. The fourth-order valence-electron chi connectivity index (χ4n) is 1.98. The molecule has 4 heteroatoms. The molecule has 0 radical (unpaired) electrons. The summed E-state index contributed by atoms with van der Waals surface area (Å²) in [7, 11) is 0. The van der Waals surface area contributed by atoms with E-state index in [0.29, 0.717) is 10.9 Å². The molecular formula is C12H10FNO2. The monoisotopic (exact) mass is 219 g/mol. The molecule has 1 aromatic carbocycles. The molecule has 3 nitrogen and oxygen atoms in total. The van der Waals surface area contributed by atoms with E-state index in [4.69, 9.17) is 0 Å². The lowest BCUT2D eigenvalue weighted by Crippen LogP contribution is -2.07. The molecule has 0 aliphatic heterocycles. The summed E-state index contributed by atoms with van der Waals surface area (Å²) >= 11 is 0. The fraction of sp³-hybridized carbons (Fsp3) is 0.250. The van der Waals surface area contributed by atoms with E-state index in [1.165, 1.54) is 12.1 Å². The summed E-state index contributed by atoms with van der Waals surface area (Å²) in [6, 6.07) is 4.29. The number of aromatic nitrogens is 1. The van der Waals surface area contributed by atoms with Crippen LogP contribution in [0.5, 0.6) is 5.75 Å². The van der Waals surface area contributed by atoms with Crippen LogP contribution in [-0.2, 0) is 0 Å². The lowest BCUT2D eigenvalue weighted by atomic mass is 10.2. The number of nitrogens with zero attached hydrogens (tertiary/aromatic N) is 1. The lowest BCUT2D eigenvalue weighted by molar-refractivity contribution is 0.435. The number of halogens is 1. The average molecular weight is 219 g/mol. The van der Waals surface area contributed by atoms with Gasteiger partial charge in [-0.05, 0) is 25.0 Å². The van der Waals surface area contributed by atoms with Gasteiger partial charge in [0.1, 0.15) is 0 Å². The third-order valence-electron chi connectivity index (χ3n) is 2.95. The molecule has 0 spiro atoms. The first-order valence-corrected chi connectivity index (χ1v) is 5.21. The number of phenols is 1. The van der Waals surface area contributed by atoms with Crippen LogP contribution in [0.4, 0.5) is 4.39 Å². The zero-order valence-corrected chi connectivity index (χ0v) is 8.48. The second-order valence-electron chi connectivity index (χ2n) is 4.11. The van der Waals surface area contributed by atoms with Gasteiger partial charge in [0.05, 0.1) is 5.52 Å². The number of hydrogen-bond acceptors (Lipinski definition) is 2. The van der Waals surface area contributed by atoms with Crippen molar-refractivity contribution in [2.75, 3.05) is 0 Å². The van der Waals surface area contributed by atoms with E-state index >= 15 is 0 Å². The van der Waals surface area contributed by atoms with E-state index in [9.17, 15) is 14.3 Å². The minimum Gasteiger partial charge on any atom is -0.503 e. The van der Waals surface area contributed by atoms with E-state index in [-0.39, 0.29) is 11.5 Å². The highest BCUT2D eigenvalue weighted by Crippen LogP contribution is 2.38. The van der Waals surface area contributed by atoms with Gasteiger partial charge in [-0.1, -0.05) is 0 Å². The molecule has 1 heterocycles. The topological polar surface area (TPSA) is 42.2 Å². The molecule has 0 saturated heterocycles. The molecular weight excluding hydrogens is 209 g/mol. The Balaban J connectivity index is 2.48. The Hall–Kier alpha value is -1.84. The smallest absolute Gasteiger partial charge is 0.189 e. The van der Waals surface area contributed by atoms with E-state index in [0.717, 1.165) is 18.9 Å². The molecule has 1 fully saturated rings. The van der Waals surface area contributed by atoms with Crippen LogP contribution in [0.25, 0.3) is 10.9 Å². The summed E-state index contributed by atoms with van der Waals surface area (Å²) in [5.74, 6) is -1.12. The molecule has 1 aliphatic rings. The number of rotatable bonds is 1. The van der Waals surface area contributed by atoms with Crippen LogP contribution in [0, 0.1) is 5.82 Å². The van der Waals surface area contributed by atoms with E-state index in [1.54, 1.807) is 10.8 Å². The molecule has 2 aromatic rings. The number of pyridine rings is 1. The molecule has 1 N–H and O–H groups in total. The maximum atomic E-state index is 13.3. The Morgan fingerprint density at radius 2 is 2.06 bits per heavy atom. The zero-order chi connectivity index (χ0) is 11.3. The summed E-state index contributed by atoms with van der Waals surface area (Å²) < 4.78 is 15.1. The van der Waals surface area contributed by atoms with Gasteiger partial charge in [0, 0.05) is 23.7 Å². The van der Waals surface area contributed by atoms with Crippen molar-refractivity contribution in [3.63, 3.8) is 0 Å². The standard InChI is InChI=1S/C12H10FNO2/c13-9-4-3-8-10(15)5-6-14(7-1-2-7)11(8)12(9)16/h3-7,16H,1-2H2. The molecule has 0 bridgehead atoms. The van der Waals surface area contributed by atoms with Crippen LogP contribution in [0.2, 0.25) is 0 Å². The number of phenolic OH excluding ortho intramolecular Hbond substituents is 1. The molecule has 16 heavy (non-hydrogen) atoms. The average Bonchev–Trinajstić information content (AvgIpc) is 3.08. The molecule has 3 rings (SSSR count). The number of benzene rings is 1. The minimum atomic E-state index is -0.688. The second-order valence-corrected chi connectivity index (χ2v) is 4.11. The Morgan fingerprint density at radius 1 is 1.31 bits per heavy atom. The van der Waals surface area contributed by atoms with Crippen molar-refractivity contribution in [3.05, 3.63) is 40.4 Å². The van der Waals surface area contributed by atoms with Gasteiger partial charge >= 0.3 is 0 Å². The Bertz CT molecular complexity index is 629. The number of aromatic hydroxyl groups is 1. The largest absolute Gasteiger partial charge is 0.503 e. The normalized spacial score (nSPS) is 15.6. The van der Waals surface area contributed by atoms with E-state index < -0.39 is 11.6 Å². The summed E-state index contributed by atoms with van der Waals surface area (Å²) in [5, 5.41) is 10.1. The Labute approximate surface area is 90.8 Å². The Kier molecular flexibility index (Phi) is 1.80. The third kappa shape index (κ3) is 1.23. The molecule has 0 amide bonds. The maximum Gasteiger partial charge on any atom is 0.189 e. The lowest BCUT2D eigenvalue weighted by Gasteiger charge is -2.10. The highest BCUT2D eigenvalue weighted by molar-refractivity contribution is 5.85. The SMILES string of the molecule is O=c1ccn(C2CC2)c2c(O)c(F)ccc12. The van der Waals surface area contributed by atoms with Gasteiger partial charge in [-0.25, -0.2) is 4.39 Å². The van der Waals surface area contributed by atoms with Crippen molar-refractivity contribution >= 4 is 10.9 Å². The highest BCUT2D eigenvalue weighted by atomic mass is 19.1. The van der Waals surface area contributed by atoms with Gasteiger partial charge in [0.25, 0.3) is 0 Å². The van der Waals surface area contributed by atoms with Gasteiger partial charge < -0.3 is 9.67 Å². The number of fused-ring (bicyclic) bond motifs is 1. The third-order valence-corrected chi connectivity index (χ3v) is 2.95. The van der Waals surface area contributed by atoms with Crippen LogP contribution >= 0.6 is 0 Å². The van der Waals surface area contributed by atoms with Crippen molar-refractivity contribution in [2.45, 2.75) is 18.9 Å². The van der Waals surface area contributed by atoms with Crippen LogP contribution < -0.4 is 5.43 Å². The van der Waals surface area contributed by atoms with Crippen molar-refractivity contribution in [3.8, 4) is 5.75 Å². The van der Waals surface area contributed by atoms with Crippen LogP contribution in [0.1, 0.15) is 18.9 Å². The first-order chi connectivity index (χ1) is 7.68. The molecule has 1 aliphatic carbocycles. The van der Waals surface area contributed by atoms with Crippen LogP contribution in [0.15, 0.2) is 29.2 Å². The summed E-state index contributed by atoms with van der Waals surface area (Å²) in [4.78, 5) is 11.6. The molecule has 1 aromatic heterocycles. The summed E-state index contributed by atoms with van der Waals surface area (Å²) in [6.07, 6.45) is 3.64. The Morgan fingerprint density at radius 3 is 2.75 bits per heavy atom. The molecule has 0 unspecified atom stereocenters. The first kappa shape index (κ1) is 9.39. The molecule has 0 atom stereocenters. The first-order valence-electron chi connectivity index (χ1n) is 5.21. The van der Waals surface area contributed by atoms with E-state index in [1.807, 2.05) is 0 Å². The predicted octanol–water partition coefficient (Wildman–Crippen LogP) is 2.18. The predicted molar refractivity (Wildman–Crippen MR) is 58.1 cm³/mol. The van der Waals surface area contributed by atoms with Crippen molar-refractivity contribution in [1.29, 1.82) is 0 Å². The van der Waals surface area contributed by atoms with Crippen molar-refractivity contribution < 1.29 is 9.50 Å². The zero-order valence-electron chi connectivity index (χ0n) is 8.48. The van der Waals surface area contributed by atoms with Crippen LogP contribution in [-0.4, -0.2) is 9.67 Å². The van der Waals surface area contributed by atoms with Crippen molar-refractivity contribution in [1.82, 2.24) is 4.57 Å². The maximum absolute atomic E-state index is 13.3. The number of hydrogen-bond donors (Lipinski definition) is 1. The fourth-order valence-corrected chi connectivity index (χ4v) is 1.98. The van der Waals surface area contributed by atoms with Gasteiger partial charge in [-0.3, -0.25) is 4.79 Å². The van der Waals surface area contributed by atoms with Gasteiger partial charge in [0.2, 0.25) is 0 Å². The molecule has 82 valence electrons. The summed E-state index contributed by atoms with van der Waals surface area (Å²) in [6.45, 7) is 0. The van der Waals surface area contributed by atoms with Crippen LogP contribution in [0.3, 0.4) is 0 Å². The van der Waals surface area contributed by atoms with Gasteiger partial charge in [0.15, 0.2) is 17.0 Å². The van der Waals surface area contributed by atoms with E-state index in [2.05, 4.69) is 0 Å². The van der Waals surface area contributed by atoms with Gasteiger partial charge in [-0.2, -0.15) is 0 Å². The minimum absolute atomic E-state index is 0.192. The molecule has 1 saturated carbocycles. The van der Waals surface area contributed by atoms with Gasteiger partial charge in [-0.15, -0.1) is 0 Å². The van der Waals surface area contributed by atoms with Crippen molar-refractivity contribution in [2.24, 2.45) is 0 Å². The highest BCUT2D eigenvalue weighted by Gasteiger charge is 2.25. The quantitative estimate of drug-likeness (QED) is 0.798. The summed E-state index contributed by atoms with van der Waals surface area (Å²) in [5.41, 5.74) is 0.122.